The average Bonchev–Trinajstić information content (AvgIpc) is 2.99. The summed E-state index contributed by atoms with van der Waals surface area (Å²) in [6, 6.07) is 8.33. The minimum atomic E-state index is -0.912. The van der Waals surface area contributed by atoms with E-state index in [0.717, 1.165) is 0 Å². The summed E-state index contributed by atoms with van der Waals surface area (Å²) in [6.45, 7) is 1.92. The van der Waals surface area contributed by atoms with Crippen molar-refractivity contribution in [2.45, 2.75) is 19.4 Å². The number of rotatable bonds is 5. The lowest BCUT2D eigenvalue weighted by atomic mass is 10.1. The molecule has 1 aromatic heterocycles. The molecule has 0 spiro atoms. The molecule has 0 saturated heterocycles. The highest BCUT2D eigenvalue weighted by atomic mass is 16.4. The van der Waals surface area contributed by atoms with Crippen molar-refractivity contribution in [2.24, 2.45) is 0 Å². The van der Waals surface area contributed by atoms with Crippen LogP contribution in [0.4, 0.5) is 0 Å². The monoisotopic (exact) mass is 275 g/mol. The van der Waals surface area contributed by atoms with Gasteiger partial charge in [-0.15, -0.1) is 0 Å². The molecule has 1 heterocycles. The molecule has 0 saturated carbocycles. The minimum Gasteiger partial charge on any atom is -0.507 e. The Morgan fingerprint density at radius 1 is 1.35 bits per heavy atom. The Morgan fingerprint density at radius 2 is 2.15 bits per heavy atom. The lowest BCUT2D eigenvalue weighted by Gasteiger charge is -2.11. The summed E-state index contributed by atoms with van der Waals surface area (Å²) in [5, 5.41) is 22.3. The fourth-order valence-electron chi connectivity index (χ4n) is 1.93. The molecular weight excluding hydrogens is 258 g/mol. The number of hydrogen-bond acceptors (Lipinski definition) is 4. The molecular formula is C15H17NO4. The summed E-state index contributed by atoms with van der Waals surface area (Å²) in [7, 11) is 0. The quantitative estimate of drug-likeness (QED) is 0.779. The van der Waals surface area contributed by atoms with Crippen LogP contribution in [0.5, 0.6) is 5.75 Å². The van der Waals surface area contributed by atoms with Crippen LogP contribution in [0.25, 0.3) is 0 Å². The maximum absolute atomic E-state index is 12.0. The van der Waals surface area contributed by atoms with Gasteiger partial charge in [0.1, 0.15) is 17.6 Å². The van der Waals surface area contributed by atoms with Gasteiger partial charge in [0.25, 0.3) is 5.91 Å². The lowest BCUT2D eigenvalue weighted by Crippen LogP contribution is -2.28. The molecule has 5 heteroatoms. The van der Waals surface area contributed by atoms with E-state index < -0.39 is 12.0 Å². The van der Waals surface area contributed by atoms with Gasteiger partial charge in [0, 0.05) is 0 Å². The third-order valence-corrected chi connectivity index (χ3v) is 3.07. The van der Waals surface area contributed by atoms with Crippen molar-refractivity contribution in [3.63, 3.8) is 0 Å². The number of aryl methyl sites for hydroxylation is 1. The number of nitrogens with one attached hydrogen (secondary N) is 1. The predicted octanol–water partition coefficient (Wildman–Crippen LogP) is 2.01. The number of phenols is 1. The molecule has 1 unspecified atom stereocenters. The number of para-hydroxylation sites is 1. The molecule has 1 aromatic carbocycles. The standard InChI is InChI=1S/C15H17NO4/c1-2-10-5-3-6-11(14(10)18)15(19)16-9-12(17)13-7-4-8-20-13/h3-8,12,17-18H,2,9H2,1H3,(H,16,19). The predicted molar refractivity (Wildman–Crippen MR) is 73.5 cm³/mol. The Kier molecular flexibility index (Phi) is 4.42. The van der Waals surface area contributed by atoms with Crippen LogP contribution in [-0.4, -0.2) is 22.7 Å². The summed E-state index contributed by atoms with van der Waals surface area (Å²) in [5.74, 6) is -0.0553. The number of carbonyl (C=O) groups excluding carboxylic acids is 1. The first-order valence-electron chi connectivity index (χ1n) is 6.44. The topological polar surface area (TPSA) is 82.7 Å². The Hall–Kier alpha value is -2.27. The highest BCUT2D eigenvalue weighted by Crippen LogP contribution is 2.23. The largest absolute Gasteiger partial charge is 0.507 e. The zero-order valence-electron chi connectivity index (χ0n) is 11.2. The van der Waals surface area contributed by atoms with Crippen molar-refractivity contribution in [1.29, 1.82) is 0 Å². The SMILES string of the molecule is CCc1cccc(C(=O)NCC(O)c2ccco2)c1O. The molecule has 5 nitrogen and oxygen atoms in total. The molecule has 0 aliphatic rings. The second-order valence-electron chi connectivity index (χ2n) is 4.41. The van der Waals surface area contributed by atoms with Gasteiger partial charge >= 0.3 is 0 Å². The third kappa shape index (κ3) is 3.00. The van der Waals surface area contributed by atoms with E-state index in [9.17, 15) is 15.0 Å². The molecule has 0 aliphatic carbocycles. The van der Waals surface area contributed by atoms with Crippen LogP contribution in [0, 0.1) is 0 Å². The highest BCUT2D eigenvalue weighted by Gasteiger charge is 2.16. The van der Waals surface area contributed by atoms with E-state index in [1.165, 1.54) is 6.26 Å². The second-order valence-corrected chi connectivity index (χ2v) is 4.41. The first kappa shape index (κ1) is 14.1. The lowest BCUT2D eigenvalue weighted by molar-refractivity contribution is 0.0898. The van der Waals surface area contributed by atoms with E-state index in [1.807, 2.05) is 6.92 Å². The fourth-order valence-corrected chi connectivity index (χ4v) is 1.93. The Balaban J connectivity index is 2.02. The van der Waals surface area contributed by atoms with Gasteiger partial charge in [-0.25, -0.2) is 0 Å². The van der Waals surface area contributed by atoms with Crippen molar-refractivity contribution in [3.8, 4) is 5.75 Å². The molecule has 1 amide bonds. The molecule has 2 rings (SSSR count). The van der Waals surface area contributed by atoms with Gasteiger partial charge < -0.3 is 19.9 Å². The molecule has 3 N–H and O–H groups in total. The van der Waals surface area contributed by atoms with Gasteiger partial charge in [0.05, 0.1) is 18.4 Å². The van der Waals surface area contributed by atoms with Crippen LogP contribution in [0.3, 0.4) is 0 Å². The van der Waals surface area contributed by atoms with Gasteiger partial charge in [0.2, 0.25) is 0 Å². The van der Waals surface area contributed by atoms with Crippen molar-refractivity contribution in [2.75, 3.05) is 6.54 Å². The first-order valence-corrected chi connectivity index (χ1v) is 6.44. The van der Waals surface area contributed by atoms with E-state index in [4.69, 9.17) is 4.42 Å². The normalized spacial score (nSPS) is 12.1. The van der Waals surface area contributed by atoms with Crippen LogP contribution in [0.2, 0.25) is 0 Å². The van der Waals surface area contributed by atoms with Gasteiger partial charge in [-0.2, -0.15) is 0 Å². The van der Waals surface area contributed by atoms with Crippen molar-refractivity contribution in [3.05, 3.63) is 53.5 Å². The first-order chi connectivity index (χ1) is 9.63. The number of aliphatic hydroxyl groups is 1. The van der Waals surface area contributed by atoms with Crippen LogP contribution in [0.15, 0.2) is 41.0 Å². The van der Waals surface area contributed by atoms with Gasteiger partial charge in [-0.1, -0.05) is 19.1 Å². The number of aliphatic hydroxyl groups excluding tert-OH is 1. The van der Waals surface area contributed by atoms with E-state index >= 15 is 0 Å². The van der Waals surface area contributed by atoms with Crippen LogP contribution in [0.1, 0.15) is 34.7 Å². The van der Waals surface area contributed by atoms with Crippen molar-refractivity contribution < 1.29 is 19.4 Å². The fraction of sp³-hybridized carbons (Fsp3) is 0.267. The molecule has 20 heavy (non-hydrogen) atoms. The molecule has 106 valence electrons. The van der Waals surface area contributed by atoms with Gasteiger partial charge in [-0.3, -0.25) is 4.79 Å². The van der Waals surface area contributed by atoms with Crippen LogP contribution >= 0.6 is 0 Å². The molecule has 2 aromatic rings. The molecule has 1 atom stereocenters. The minimum absolute atomic E-state index is 0.0139. The van der Waals surface area contributed by atoms with Gasteiger partial charge in [0.15, 0.2) is 0 Å². The van der Waals surface area contributed by atoms with Crippen LogP contribution < -0.4 is 5.32 Å². The highest BCUT2D eigenvalue weighted by molar-refractivity contribution is 5.97. The second kappa shape index (κ2) is 6.25. The summed E-state index contributed by atoms with van der Waals surface area (Å²) in [5.41, 5.74) is 0.917. The third-order valence-electron chi connectivity index (χ3n) is 3.07. The number of benzene rings is 1. The Labute approximate surface area is 116 Å². The number of carbonyl (C=O) groups is 1. The number of furan rings is 1. The van der Waals surface area contributed by atoms with Crippen LogP contribution in [-0.2, 0) is 6.42 Å². The number of phenolic OH excluding ortho intramolecular Hbond substituents is 1. The van der Waals surface area contributed by atoms with E-state index in [1.54, 1.807) is 30.3 Å². The summed E-state index contributed by atoms with van der Waals surface area (Å²) >= 11 is 0. The Morgan fingerprint density at radius 3 is 2.80 bits per heavy atom. The average molecular weight is 275 g/mol. The molecule has 0 bridgehead atoms. The number of amides is 1. The summed E-state index contributed by atoms with van der Waals surface area (Å²) in [6.07, 6.45) is 1.18. The molecule has 0 aliphatic heterocycles. The smallest absolute Gasteiger partial charge is 0.255 e. The van der Waals surface area contributed by atoms with E-state index in [-0.39, 0.29) is 17.9 Å². The van der Waals surface area contributed by atoms with Gasteiger partial charge in [-0.05, 0) is 30.2 Å². The molecule has 0 radical (unpaired) electrons. The van der Waals surface area contributed by atoms with Crippen molar-refractivity contribution in [1.82, 2.24) is 5.32 Å². The maximum atomic E-state index is 12.0. The summed E-state index contributed by atoms with van der Waals surface area (Å²) in [4.78, 5) is 12.0. The van der Waals surface area contributed by atoms with E-state index in [0.29, 0.717) is 17.7 Å². The maximum Gasteiger partial charge on any atom is 0.255 e. The van der Waals surface area contributed by atoms with E-state index in [2.05, 4.69) is 5.32 Å². The zero-order valence-corrected chi connectivity index (χ0v) is 11.2. The summed E-state index contributed by atoms with van der Waals surface area (Å²) < 4.78 is 5.04. The Bertz CT molecular complexity index is 578. The number of aromatic hydroxyl groups is 1. The van der Waals surface area contributed by atoms with Crippen molar-refractivity contribution >= 4 is 5.91 Å². The number of hydrogen-bond donors (Lipinski definition) is 3. The zero-order chi connectivity index (χ0) is 14.5. The molecule has 0 fully saturated rings.